The number of nitrogens with one attached hydrogen (secondary N) is 1. The van der Waals surface area contributed by atoms with Gasteiger partial charge in [-0.1, -0.05) is 6.92 Å². The van der Waals surface area contributed by atoms with Gasteiger partial charge in [0.15, 0.2) is 0 Å². The molecule has 0 aliphatic rings. The third-order valence-corrected chi connectivity index (χ3v) is 3.07. The minimum Gasteiger partial charge on any atom is -0.384 e. The first-order valence-electron chi connectivity index (χ1n) is 5.60. The van der Waals surface area contributed by atoms with Crippen molar-refractivity contribution in [2.75, 3.05) is 5.73 Å². The van der Waals surface area contributed by atoms with Crippen molar-refractivity contribution in [1.29, 1.82) is 0 Å². The highest BCUT2D eigenvalue weighted by atomic mass is 32.1. The maximum Gasteiger partial charge on any atom is 0.251 e. The van der Waals surface area contributed by atoms with E-state index in [4.69, 9.17) is 5.73 Å². The van der Waals surface area contributed by atoms with Crippen molar-refractivity contribution in [2.45, 2.75) is 19.9 Å². The summed E-state index contributed by atoms with van der Waals surface area (Å²) < 4.78 is 0. The van der Waals surface area contributed by atoms with E-state index in [1.807, 2.05) is 12.3 Å². The van der Waals surface area contributed by atoms with Crippen molar-refractivity contribution >= 4 is 23.1 Å². The van der Waals surface area contributed by atoms with Crippen molar-refractivity contribution < 1.29 is 4.79 Å². The van der Waals surface area contributed by atoms with Crippen LogP contribution in [0.15, 0.2) is 23.0 Å². The molecule has 5 nitrogen and oxygen atoms in total. The number of hydrogen-bond donors (Lipinski definition) is 2. The molecule has 2 rings (SSSR count). The zero-order valence-corrected chi connectivity index (χ0v) is 10.8. The average molecular weight is 262 g/mol. The molecule has 0 fully saturated rings. The molecule has 0 radical (unpaired) electrons. The van der Waals surface area contributed by atoms with Crippen LogP contribution in [0.4, 0.5) is 5.82 Å². The third kappa shape index (κ3) is 3.04. The number of aromatic nitrogens is 2. The fourth-order valence-corrected chi connectivity index (χ4v) is 2.08. The lowest BCUT2D eigenvalue weighted by Crippen LogP contribution is -2.23. The molecular formula is C12H14N4OS. The maximum absolute atomic E-state index is 11.9. The fraction of sp³-hybridized carbons (Fsp3) is 0.250. The molecule has 0 aliphatic carbocycles. The molecule has 0 saturated heterocycles. The average Bonchev–Trinajstić information content (AvgIpc) is 2.88. The number of thiazole rings is 1. The number of pyridine rings is 1. The standard InChI is InChI=1S/C12H14N4OS/c1-2-9-3-8(4-11(13)16-9)12(17)14-5-10-6-18-7-15-10/h3-4,6-7H,2,5H2,1H3,(H2,13,16)(H,14,17). The summed E-state index contributed by atoms with van der Waals surface area (Å²) >= 11 is 1.50. The largest absolute Gasteiger partial charge is 0.384 e. The summed E-state index contributed by atoms with van der Waals surface area (Å²) in [5.74, 6) is 0.208. The van der Waals surface area contributed by atoms with Crippen LogP contribution in [-0.4, -0.2) is 15.9 Å². The quantitative estimate of drug-likeness (QED) is 0.877. The predicted molar refractivity (Wildman–Crippen MR) is 71.3 cm³/mol. The molecule has 0 bridgehead atoms. The molecule has 0 spiro atoms. The van der Waals surface area contributed by atoms with Crippen LogP contribution in [0.5, 0.6) is 0 Å². The Morgan fingerprint density at radius 2 is 2.28 bits per heavy atom. The maximum atomic E-state index is 11.9. The first kappa shape index (κ1) is 12.5. The first-order chi connectivity index (χ1) is 8.69. The van der Waals surface area contributed by atoms with Gasteiger partial charge in [-0.15, -0.1) is 11.3 Å². The molecule has 0 saturated carbocycles. The molecule has 0 aliphatic heterocycles. The van der Waals surface area contributed by atoms with Gasteiger partial charge in [-0.25, -0.2) is 9.97 Å². The van der Waals surface area contributed by atoms with Crippen molar-refractivity contribution in [1.82, 2.24) is 15.3 Å². The number of rotatable bonds is 4. The van der Waals surface area contributed by atoms with Crippen molar-refractivity contribution in [3.63, 3.8) is 0 Å². The van der Waals surface area contributed by atoms with E-state index in [-0.39, 0.29) is 5.91 Å². The second kappa shape index (κ2) is 5.59. The molecule has 94 valence electrons. The lowest BCUT2D eigenvalue weighted by molar-refractivity contribution is 0.0950. The predicted octanol–water partition coefficient (Wildman–Crippen LogP) is 1.61. The van der Waals surface area contributed by atoms with Gasteiger partial charge < -0.3 is 11.1 Å². The smallest absolute Gasteiger partial charge is 0.251 e. The second-order valence-electron chi connectivity index (χ2n) is 3.79. The summed E-state index contributed by atoms with van der Waals surface area (Å²) in [4.78, 5) is 20.2. The minimum absolute atomic E-state index is 0.160. The molecule has 0 unspecified atom stereocenters. The highest BCUT2D eigenvalue weighted by Crippen LogP contribution is 2.09. The summed E-state index contributed by atoms with van der Waals surface area (Å²) in [6.45, 7) is 2.39. The number of amides is 1. The Morgan fingerprint density at radius 3 is 2.94 bits per heavy atom. The summed E-state index contributed by atoms with van der Waals surface area (Å²) in [5, 5.41) is 4.70. The SMILES string of the molecule is CCc1cc(C(=O)NCc2cscn2)cc(N)n1. The third-order valence-electron chi connectivity index (χ3n) is 2.44. The van der Waals surface area contributed by atoms with Crippen LogP contribution < -0.4 is 11.1 Å². The molecule has 2 heterocycles. The number of hydrogen-bond acceptors (Lipinski definition) is 5. The monoisotopic (exact) mass is 262 g/mol. The Balaban J connectivity index is 2.06. The molecule has 1 amide bonds. The topological polar surface area (TPSA) is 80.9 Å². The minimum atomic E-state index is -0.160. The van der Waals surface area contributed by atoms with Gasteiger partial charge in [0.1, 0.15) is 5.82 Å². The van der Waals surface area contributed by atoms with Crippen LogP contribution in [0.2, 0.25) is 0 Å². The van der Waals surface area contributed by atoms with Crippen LogP contribution in [-0.2, 0) is 13.0 Å². The van der Waals surface area contributed by atoms with Gasteiger partial charge in [0.2, 0.25) is 0 Å². The highest BCUT2D eigenvalue weighted by Gasteiger charge is 2.08. The Labute approximate surface area is 109 Å². The summed E-state index contributed by atoms with van der Waals surface area (Å²) in [7, 11) is 0. The van der Waals surface area contributed by atoms with E-state index in [1.165, 1.54) is 11.3 Å². The van der Waals surface area contributed by atoms with E-state index in [1.54, 1.807) is 17.6 Å². The molecule has 2 aromatic heterocycles. The first-order valence-corrected chi connectivity index (χ1v) is 6.55. The van der Waals surface area contributed by atoms with E-state index >= 15 is 0 Å². The van der Waals surface area contributed by atoms with E-state index in [2.05, 4.69) is 15.3 Å². The molecule has 2 aromatic rings. The van der Waals surface area contributed by atoms with Gasteiger partial charge in [0, 0.05) is 16.6 Å². The molecular weight excluding hydrogens is 248 g/mol. The number of nitrogens with two attached hydrogens (primary N) is 1. The normalized spacial score (nSPS) is 10.3. The van der Waals surface area contributed by atoms with Crippen LogP contribution >= 0.6 is 11.3 Å². The van der Waals surface area contributed by atoms with Crippen molar-refractivity contribution in [3.05, 3.63) is 40.0 Å². The highest BCUT2D eigenvalue weighted by molar-refractivity contribution is 7.07. The van der Waals surface area contributed by atoms with E-state index in [9.17, 15) is 4.79 Å². The van der Waals surface area contributed by atoms with E-state index in [0.29, 0.717) is 17.9 Å². The van der Waals surface area contributed by atoms with Gasteiger partial charge in [0.25, 0.3) is 5.91 Å². The summed E-state index contributed by atoms with van der Waals surface area (Å²) in [5.41, 5.74) is 9.60. The molecule has 0 aromatic carbocycles. The fourth-order valence-electron chi connectivity index (χ4n) is 1.52. The lowest BCUT2D eigenvalue weighted by Gasteiger charge is -2.06. The van der Waals surface area contributed by atoms with E-state index < -0.39 is 0 Å². The number of carbonyl (C=O) groups excluding carboxylic acids is 1. The number of nitrogen functional groups attached to an aromatic ring is 1. The molecule has 18 heavy (non-hydrogen) atoms. The van der Waals surface area contributed by atoms with Crippen molar-refractivity contribution in [3.8, 4) is 0 Å². The number of nitrogens with zero attached hydrogens (tertiary/aromatic N) is 2. The number of carbonyl (C=O) groups is 1. The van der Waals surface area contributed by atoms with Gasteiger partial charge in [0.05, 0.1) is 17.7 Å². The van der Waals surface area contributed by atoms with Crippen LogP contribution in [0.25, 0.3) is 0 Å². The molecule has 6 heteroatoms. The summed E-state index contributed by atoms with van der Waals surface area (Å²) in [6, 6.07) is 3.34. The van der Waals surface area contributed by atoms with Crippen LogP contribution in [0.1, 0.15) is 28.7 Å². The zero-order chi connectivity index (χ0) is 13.0. The lowest BCUT2D eigenvalue weighted by atomic mass is 10.2. The van der Waals surface area contributed by atoms with Gasteiger partial charge in [-0.2, -0.15) is 0 Å². The van der Waals surface area contributed by atoms with Crippen LogP contribution in [0, 0.1) is 0 Å². The Kier molecular flexibility index (Phi) is 3.88. The Bertz CT molecular complexity index is 539. The molecule has 3 N–H and O–H groups in total. The van der Waals surface area contributed by atoms with Crippen LogP contribution in [0.3, 0.4) is 0 Å². The number of anilines is 1. The van der Waals surface area contributed by atoms with Crippen molar-refractivity contribution in [2.24, 2.45) is 0 Å². The summed E-state index contributed by atoms with van der Waals surface area (Å²) in [6.07, 6.45) is 0.747. The van der Waals surface area contributed by atoms with Gasteiger partial charge in [-0.3, -0.25) is 4.79 Å². The van der Waals surface area contributed by atoms with Gasteiger partial charge in [-0.05, 0) is 18.6 Å². The zero-order valence-electron chi connectivity index (χ0n) is 10.0. The number of aryl methyl sites for hydroxylation is 1. The Hall–Kier alpha value is -1.95. The second-order valence-corrected chi connectivity index (χ2v) is 4.51. The Morgan fingerprint density at radius 1 is 1.44 bits per heavy atom. The van der Waals surface area contributed by atoms with Gasteiger partial charge >= 0.3 is 0 Å². The van der Waals surface area contributed by atoms with E-state index in [0.717, 1.165) is 17.8 Å². The molecule has 0 atom stereocenters.